The van der Waals surface area contributed by atoms with Gasteiger partial charge in [0.05, 0.1) is 0 Å². The van der Waals surface area contributed by atoms with Gasteiger partial charge in [-0.3, -0.25) is 0 Å². The van der Waals surface area contributed by atoms with Crippen LogP contribution in [0.2, 0.25) is 10.0 Å². The van der Waals surface area contributed by atoms with Crippen molar-refractivity contribution in [3.8, 4) is 22.6 Å². The number of aromatic nitrogens is 1. The fourth-order valence-electron chi connectivity index (χ4n) is 6.52. The van der Waals surface area contributed by atoms with E-state index in [1.165, 1.54) is 6.07 Å². The van der Waals surface area contributed by atoms with Gasteiger partial charge in [0.25, 0.3) is 0 Å². The molecule has 7 rings (SSSR count). The van der Waals surface area contributed by atoms with Crippen molar-refractivity contribution in [2.24, 2.45) is 3.50 Å². The molecule has 1 heterocycles. The van der Waals surface area contributed by atoms with Crippen LogP contribution in [0.4, 0.5) is 14.5 Å². The molecule has 1 aromatic heterocycles. The third kappa shape index (κ3) is 9.07. The molecule has 0 spiro atoms. The number of phenols is 1. The summed E-state index contributed by atoms with van der Waals surface area (Å²) in [5.74, 6) is -0.280. The molecule has 262 valence electrons. The first kappa shape index (κ1) is 37.8. The van der Waals surface area contributed by atoms with Crippen molar-refractivity contribution in [2.45, 2.75) is 72.1 Å². The van der Waals surface area contributed by atoms with E-state index in [1.807, 2.05) is 56.3 Å². The van der Waals surface area contributed by atoms with Crippen LogP contribution in [0.15, 0.2) is 70.2 Å². The predicted molar refractivity (Wildman–Crippen MR) is 197 cm³/mol. The third-order valence-corrected chi connectivity index (χ3v) is 11.9. The maximum Gasteiger partial charge on any atom is 0.165 e. The molecule has 4 aromatic carbocycles. The van der Waals surface area contributed by atoms with Crippen molar-refractivity contribution in [1.29, 1.82) is 0 Å². The zero-order chi connectivity index (χ0) is 35.8. The number of halogens is 4. The SMILES string of the molecule is COc1ccccc1[CH]=[W]=[N]c1c(Cl)cccc1Cl.Cc1c(F)cc2c(c1-c1c(O)c(F)cc3c1CCCC3)CCCC2.Cc1ccc(C)[n-]1. The second-order valence-electron chi connectivity index (χ2n) is 12.5. The minimum absolute atomic E-state index is 0.251. The summed E-state index contributed by atoms with van der Waals surface area (Å²) in [4.78, 5) is 4.11. The Morgan fingerprint density at radius 1 is 0.760 bits per heavy atom. The van der Waals surface area contributed by atoms with E-state index in [1.54, 1.807) is 32.2 Å². The van der Waals surface area contributed by atoms with Gasteiger partial charge in [-0.15, -0.1) is 0 Å². The van der Waals surface area contributed by atoms with Crippen molar-refractivity contribution in [2.75, 3.05) is 7.11 Å². The van der Waals surface area contributed by atoms with E-state index in [2.05, 4.69) is 12.9 Å². The van der Waals surface area contributed by atoms with Gasteiger partial charge in [-0.2, -0.15) is 11.4 Å². The monoisotopic (exact) mass is 885 g/mol. The summed E-state index contributed by atoms with van der Waals surface area (Å²) in [6.45, 7) is 5.74. The van der Waals surface area contributed by atoms with Crippen LogP contribution < -0.4 is 9.72 Å². The number of para-hydroxylation sites is 1. The minimum atomic E-state index is -1.07. The molecular weight excluding hydrogens is 845 g/mol. The number of hydrogen-bond acceptors (Lipinski definition) is 3. The molecule has 0 saturated heterocycles. The second kappa shape index (κ2) is 17.7. The van der Waals surface area contributed by atoms with Gasteiger partial charge < -0.3 is 10.1 Å². The molecule has 0 bridgehead atoms. The van der Waals surface area contributed by atoms with Crippen molar-refractivity contribution in [1.82, 2.24) is 4.98 Å². The molecule has 0 atom stereocenters. The molecular formula is C41H41Cl2F2N2O2W-. The Balaban J connectivity index is 0.000000166. The van der Waals surface area contributed by atoms with E-state index in [9.17, 15) is 13.9 Å². The number of rotatable bonds is 4. The average Bonchev–Trinajstić information content (AvgIpc) is 3.50. The first-order valence-corrected chi connectivity index (χ1v) is 20.5. The van der Waals surface area contributed by atoms with E-state index in [0.717, 1.165) is 102 Å². The summed E-state index contributed by atoms with van der Waals surface area (Å²) in [7, 11) is 1.67. The summed E-state index contributed by atoms with van der Waals surface area (Å²) in [5.41, 5.74) is 9.94. The van der Waals surface area contributed by atoms with Crippen molar-refractivity contribution in [3.05, 3.63) is 133 Å². The standard InChI is InChI=1S/C21H22F2O.C8H8O.C6H3Cl2N.C6H8N.W/c1-12-17(22)10-13-6-2-4-8-15(13)19(12)20-16-9-5-3-7-14(16)11-18(23)21(20)24;1-7-5-3-4-6-8(7)9-2;7-4-2-1-3-5(8)6(4)9;1-5-3-4-6(2)7-5;/h10-11,24H,2-9H2,1H3;1,3-6H,2H3;1-3H;3-4H,1-2H3;/q;;;-1;. The normalized spacial score (nSPS) is 13.0. The number of methoxy groups -OCH3 is 1. The van der Waals surface area contributed by atoms with E-state index in [0.29, 0.717) is 26.9 Å². The molecule has 0 aliphatic heterocycles. The summed E-state index contributed by atoms with van der Waals surface area (Å²) in [5, 5.41) is 11.7. The van der Waals surface area contributed by atoms with Gasteiger partial charge in [0, 0.05) is 5.56 Å². The Kier molecular flexibility index (Phi) is 13.4. The Bertz CT molecular complexity index is 1950. The first-order chi connectivity index (χ1) is 24.1. The molecule has 0 amide bonds. The number of nitrogens with zero attached hydrogens (tertiary/aromatic N) is 2. The quantitative estimate of drug-likeness (QED) is 0.196. The molecule has 5 aromatic rings. The first-order valence-electron chi connectivity index (χ1n) is 16.8. The minimum Gasteiger partial charge on any atom is -0.665 e. The molecule has 4 nitrogen and oxygen atoms in total. The number of ether oxygens (including phenoxy) is 1. The topological polar surface area (TPSA) is 55.9 Å². The maximum absolute atomic E-state index is 14.5. The Hall–Kier alpha value is -3.44. The number of aromatic hydroxyl groups is 1. The number of phenolic OH excluding ortho intramolecular Hbond substituents is 1. The fourth-order valence-corrected chi connectivity index (χ4v) is 9.78. The molecule has 9 heteroatoms. The zero-order valence-corrected chi connectivity index (χ0v) is 33.2. The molecule has 0 saturated carbocycles. The second-order valence-corrected chi connectivity index (χ2v) is 15.6. The van der Waals surface area contributed by atoms with E-state index >= 15 is 0 Å². The van der Waals surface area contributed by atoms with Gasteiger partial charge in [0.1, 0.15) is 5.82 Å². The van der Waals surface area contributed by atoms with Gasteiger partial charge in [-0.05, 0) is 104 Å². The molecule has 0 unspecified atom stereocenters. The summed E-state index contributed by atoms with van der Waals surface area (Å²) >= 11 is 11.1. The van der Waals surface area contributed by atoms with Crippen molar-refractivity contribution in [3.63, 3.8) is 0 Å². The molecule has 1 N–H and O–H groups in total. The van der Waals surface area contributed by atoms with E-state index in [-0.39, 0.29) is 11.6 Å². The predicted octanol–water partition coefficient (Wildman–Crippen LogP) is 11.4. The number of fused-ring (bicyclic) bond motifs is 2. The Labute approximate surface area is 311 Å². The van der Waals surface area contributed by atoms with Crippen LogP contribution in [0, 0.1) is 32.4 Å². The summed E-state index contributed by atoms with van der Waals surface area (Å²) in [6.07, 6.45) is 7.57. The smallest absolute Gasteiger partial charge is 0.165 e. The van der Waals surface area contributed by atoms with E-state index in [4.69, 9.17) is 27.9 Å². The number of benzene rings is 4. The van der Waals surface area contributed by atoms with Crippen LogP contribution in [0.5, 0.6) is 11.5 Å². The van der Waals surface area contributed by atoms with Gasteiger partial charge in [-0.1, -0.05) is 26.0 Å². The van der Waals surface area contributed by atoms with Gasteiger partial charge in [-0.25, -0.2) is 8.78 Å². The third-order valence-electron chi connectivity index (χ3n) is 8.99. The zero-order valence-electron chi connectivity index (χ0n) is 28.8. The van der Waals surface area contributed by atoms with Gasteiger partial charge in [0.2, 0.25) is 0 Å². The van der Waals surface area contributed by atoms with Crippen LogP contribution in [-0.2, 0) is 43.6 Å². The maximum atomic E-state index is 14.5. The van der Waals surface area contributed by atoms with Gasteiger partial charge >= 0.3 is 130 Å². The van der Waals surface area contributed by atoms with Crippen molar-refractivity contribution >= 4 is 33.3 Å². The van der Waals surface area contributed by atoms with Crippen molar-refractivity contribution < 1.29 is 36.5 Å². The fraction of sp³-hybridized carbons (Fsp3) is 0.293. The number of hydrogen-bond donors (Lipinski definition) is 1. The molecule has 0 fully saturated rings. The van der Waals surface area contributed by atoms with E-state index < -0.39 is 23.7 Å². The summed E-state index contributed by atoms with van der Waals surface area (Å²) < 4.78 is 40.9. The molecule has 50 heavy (non-hydrogen) atoms. The van der Waals surface area contributed by atoms with Gasteiger partial charge in [0.15, 0.2) is 11.6 Å². The molecule has 2 aliphatic carbocycles. The van der Waals surface area contributed by atoms with Crippen LogP contribution in [-0.4, -0.2) is 16.6 Å². The van der Waals surface area contributed by atoms with Crippen LogP contribution in [0.3, 0.4) is 0 Å². The van der Waals surface area contributed by atoms with Crippen LogP contribution in [0.25, 0.3) is 11.1 Å². The van der Waals surface area contributed by atoms with Crippen LogP contribution in [0.1, 0.15) is 70.5 Å². The Morgan fingerprint density at radius 2 is 1.32 bits per heavy atom. The molecule has 2 aliphatic rings. The average molecular weight is 887 g/mol. The number of aryl methyl sites for hydroxylation is 4. The Morgan fingerprint density at radius 3 is 1.90 bits per heavy atom. The molecule has 0 radical (unpaired) electrons. The van der Waals surface area contributed by atoms with Crippen LogP contribution >= 0.6 is 23.2 Å². The summed E-state index contributed by atoms with van der Waals surface area (Å²) in [6, 6.07) is 20.4. The largest absolute Gasteiger partial charge is 0.665 e.